The third kappa shape index (κ3) is 10.2. The molecule has 0 spiro atoms. The van der Waals surface area contributed by atoms with Gasteiger partial charge in [-0.15, -0.1) is 11.8 Å². The molecule has 356 valence electrons. The number of hydroxylamine groups is 1. The maximum absolute atomic E-state index is 14.5. The monoisotopic (exact) mass is 899 g/mol. The summed E-state index contributed by atoms with van der Waals surface area (Å²) in [7, 11) is 0. The molecule has 17 atom stereocenters. The number of hydrazine groups is 1. The van der Waals surface area contributed by atoms with Crippen LogP contribution in [0.3, 0.4) is 0 Å². The van der Waals surface area contributed by atoms with Gasteiger partial charge in [-0.2, -0.15) is 5.48 Å². The van der Waals surface area contributed by atoms with Crippen molar-refractivity contribution in [1.29, 1.82) is 0 Å². The standard InChI is InChI=1S/C48H82N8O6S/c1-25(2)43(44(59)35-20-32(57)21-37(35)48(61)50-26(3)28-9-11-29(12-10-28)45-27(4)49-24-63-45)41-23-42(55-62-41)56-17-15-30(16-18-56)47(60)51-31-13-14-38-34(19-31)36-22-39(53-54-46(36)52-38)33-7-5-6-8-40(33)58/h25-43,45-46,49,52-55,57-58H,5-24H2,1-4H3,(H,50,61)(H,51,60)/t26-,27?,28?,29?,31-,32-,33?,34?,35?,36?,37+,38?,39?,40?,41?,42?,43+,45?,46?/m0/s1. The number of hydrogen-bond acceptors (Lipinski definition) is 13. The average Bonchev–Trinajstić information content (AvgIpc) is 4.10. The Morgan fingerprint density at radius 1 is 0.778 bits per heavy atom. The van der Waals surface area contributed by atoms with Crippen molar-refractivity contribution >= 4 is 29.4 Å². The first-order valence-corrected chi connectivity index (χ1v) is 26.7. The molecule has 5 heterocycles. The van der Waals surface area contributed by atoms with E-state index in [0.29, 0.717) is 60.3 Å². The number of Topliss-reactive ketones (excluding diaryl/α,β-unsaturated/α-hetero) is 1. The smallest absolute Gasteiger partial charge is 0.224 e. The lowest BCUT2D eigenvalue weighted by Crippen LogP contribution is -2.62. The van der Waals surface area contributed by atoms with Gasteiger partial charge in [0.05, 0.1) is 36.6 Å². The summed E-state index contributed by atoms with van der Waals surface area (Å²) in [4.78, 5) is 50.8. The number of thioether (sulfide) groups is 1. The molecule has 5 aliphatic heterocycles. The topological polar surface area (TPSA) is 188 Å². The van der Waals surface area contributed by atoms with Crippen LogP contribution in [0.15, 0.2) is 0 Å². The molecule has 9 N–H and O–H groups in total. The van der Waals surface area contributed by atoms with Crippen LogP contribution in [0.4, 0.5) is 0 Å². The molecule has 2 amide bonds. The number of hydrogen-bond donors (Lipinski definition) is 9. The quantitative estimate of drug-likeness (QED) is 0.139. The van der Waals surface area contributed by atoms with Crippen molar-refractivity contribution in [3.05, 3.63) is 0 Å². The summed E-state index contributed by atoms with van der Waals surface area (Å²) >= 11 is 2.06. The molecule has 9 aliphatic rings. The number of piperidine rings is 1. The van der Waals surface area contributed by atoms with Crippen molar-refractivity contribution in [3.63, 3.8) is 0 Å². The average molecular weight is 899 g/mol. The molecular weight excluding hydrogens is 817 g/mol. The number of aliphatic hydroxyl groups is 2. The van der Waals surface area contributed by atoms with Gasteiger partial charge in [0, 0.05) is 84.5 Å². The van der Waals surface area contributed by atoms with Gasteiger partial charge < -0.3 is 26.2 Å². The van der Waals surface area contributed by atoms with Crippen molar-refractivity contribution in [2.75, 3.05) is 19.0 Å². The van der Waals surface area contributed by atoms with Crippen molar-refractivity contribution in [2.24, 2.45) is 59.2 Å². The Hall–Kier alpha value is -1.40. The van der Waals surface area contributed by atoms with Crippen molar-refractivity contribution in [3.8, 4) is 0 Å². The van der Waals surface area contributed by atoms with Gasteiger partial charge in [-0.1, -0.05) is 26.7 Å². The summed E-state index contributed by atoms with van der Waals surface area (Å²) in [5.41, 5.74) is 10.4. The summed E-state index contributed by atoms with van der Waals surface area (Å²) in [5.74, 6) is 2.25. The summed E-state index contributed by atoms with van der Waals surface area (Å²) in [6.45, 7) is 10.1. The Morgan fingerprint density at radius 2 is 1.54 bits per heavy atom. The maximum Gasteiger partial charge on any atom is 0.224 e. The summed E-state index contributed by atoms with van der Waals surface area (Å²) in [5, 5.41) is 36.6. The molecule has 9 fully saturated rings. The van der Waals surface area contributed by atoms with E-state index in [0.717, 1.165) is 95.5 Å². The normalized spacial score (nSPS) is 44.8. The fraction of sp³-hybridized carbons (Fsp3) is 0.938. The Bertz CT molecular complexity index is 1580. The number of nitrogens with one attached hydrogen (secondary N) is 7. The minimum atomic E-state index is -0.662. The first kappa shape index (κ1) is 46.7. The second-order valence-corrected chi connectivity index (χ2v) is 23.5. The molecule has 9 rings (SSSR count). The molecule has 0 aromatic rings. The van der Waals surface area contributed by atoms with Gasteiger partial charge in [-0.05, 0) is 133 Å². The Morgan fingerprint density at radius 3 is 2.27 bits per heavy atom. The van der Waals surface area contributed by atoms with E-state index in [1.54, 1.807) is 0 Å². The van der Waals surface area contributed by atoms with Crippen LogP contribution in [0, 0.1) is 59.2 Å². The van der Waals surface area contributed by atoms with Crippen LogP contribution in [-0.4, -0.2) is 118 Å². The van der Waals surface area contributed by atoms with Crippen LogP contribution in [0.25, 0.3) is 0 Å². The first-order chi connectivity index (χ1) is 30.4. The zero-order chi connectivity index (χ0) is 43.9. The van der Waals surface area contributed by atoms with Crippen LogP contribution in [0.1, 0.15) is 137 Å². The summed E-state index contributed by atoms with van der Waals surface area (Å²) < 4.78 is 0. The lowest BCUT2D eigenvalue weighted by molar-refractivity contribution is -0.140. The first-order valence-electron chi connectivity index (χ1n) is 25.7. The second-order valence-electron chi connectivity index (χ2n) is 22.3. The van der Waals surface area contributed by atoms with Crippen molar-refractivity contribution < 1.29 is 29.4 Å². The Balaban J connectivity index is 0.727. The van der Waals surface area contributed by atoms with E-state index in [1.807, 2.05) is 0 Å². The second kappa shape index (κ2) is 20.4. The zero-order valence-corrected chi connectivity index (χ0v) is 39.5. The number of aliphatic hydroxyl groups excluding tert-OH is 2. The minimum Gasteiger partial charge on any atom is -0.393 e. The molecule has 0 bridgehead atoms. The molecule has 5 saturated heterocycles. The minimum absolute atomic E-state index is 0.0127. The van der Waals surface area contributed by atoms with Crippen LogP contribution in [-0.2, 0) is 19.2 Å². The van der Waals surface area contributed by atoms with E-state index in [2.05, 4.69) is 82.0 Å². The number of amides is 2. The third-order valence-electron chi connectivity index (χ3n) is 18.2. The lowest BCUT2D eigenvalue weighted by Gasteiger charge is -2.43. The number of fused-ring (bicyclic) bond motifs is 3. The SMILES string of the molecule is CC1NCSC1C1CCC([C@H](C)NC(=O)[C@@H]2C[C@@H](O)CC2C(=O)[C@H](C(C)C)C2CC(N3CCC(C(=O)N[C@H]4CCC5NC6NNC(C7CCCCC7O)CC6C5C4)CC3)NO2)CC1. The molecule has 0 aromatic heterocycles. The third-order valence-corrected chi connectivity index (χ3v) is 19.7. The lowest BCUT2D eigenvalue weighted by atomic mass is 9.71. The molecule has 14 nitrogen and oxygen atoms in total. The van der Waals surface area contributed by atoms with E-state index < -0.39 is 17.9 Å². The molecule has 0 aromatic carbocycles. The predicted molar refractivity (Wildman–Crippen MR) is 244 cm³/mol. The molecule has 4 saturated carbocycles. The van der Waals surface area contributed by atoms with E-state index in [-0.39, 0.29) is 78.0 Å². The molecular formula is C48H82N8O6S. The van der Waals surface area contributed by atoms with Gasteiger partial charge in [-0.3, -0.25) is 34.9 Å². The fourth-order valence-electron chi connectivity index (χ4n) is 14.5. The zero-order valence-electron chi connectivity index (χ0n) is 38.6. The molecule has 15 heteroatoms. The highest BCUT2D eigenvalue weighted by atomic mass is 32.2. The van der Waals surface area contributed by atoms with Crippen LogP contribution < -0.4 is 37.6 Å². The van der Waals surface area contributed by atoms with E-state index in [4.69, 9.17) is 4.84 Å². The van der Waals surface area contributed by atoms with Gasteiger partial charge in [0.25, 0.3) is 0 Å². The molecule has 12 unspecified atom stereocenters. The number of ketones is 1. The fourth-order valence-corrected chi connectivity index (χ4v) is 16.0. The highest BCUT2D eigenvalue weighted by Gasteiger charge is 2.51. The van der Waals surface area contributed by atoms with Crippen molar-refractivity contribution in [1.82, 2.24) is 42.5 Å². The van der Waals surface area contributed by atoms with Gasteiger partial charge in [0.1, 0.15) is 5.78 Å². The largest absolute Gasteiger partial charge is 0.393 e. The maximum atomic E-state index is 14.5. The van der Waals surface area contributed by atoms with Crippen LogP contribution >= 0.6 is 11.8 Å². The number of likely N-dealkylation sites (tertiary alicyclic amines) is 1. The summed E-state index contributed by atoms with van der Waals surface area (Å²) in [6, 6.07) is 1.56. The molecule has 4 aliphatic carbocycles. The van der Waals surface area contributed by atoms with Crippen LogP contribution in [0.5, 0.6) is 0 Å². The van der Waals surface area contributed by atoms with E-state index in [9.17, 15) is 24.6 Å². The van der Waals surface area contributed by atoms with E-state index in [1.165, 1.54) is 19.3 Å². The Kier molecular flexibility index (Phi) is 15.2. The van der Waals surface area contributed by atoms with Gasteiger partial charge in [-0.25, -0.2) is 5.43 Å². The molecule has 63 heavy (non-hydrogen) atoms. The highest BCUT2D eigenvalue weighted by Crippen LogP contribution is 2.44. The van der Waals surface area contributed by atoms with Gasteiger partial charge >= 0.3 is 0 Å². The number of carbonyl (C=O) groups is 3. The predicted octanol–water partition coefficient (Wildman–Crippen LogP) is 3.53. The number of carbonyl (C=O) groups excluding carboxylic acids is 3. The highest BCUT2D eigenvalue weighted by molar-refractivity contribution is 8.00. The summed E-state index contributed by atoms with van der Waals surface area (Å²) in [6.07, 6.45) is 15.0. The Labute approximate surface area is 381 Å². The van der Waals surface area contributed by atoms with E-state index >= 15 is 0 Å². The number of rotatable bonds is 12. The number of nitrogens with zero attached hydrogens (tertiary/aromatic N) is 1. The van der Waals surface area contributed by atoms with Gasteiger partial charge in [0.15, 0.2) is 0 Å². The van der Waals surface area contributed by atoms with Crippen molar-refractivity contribution in [2.45, 2.75) is 203 Å². The van der Waals surface area contributed by atoms with Crippen LogP contribution in [0.2, 0.25) is 0 Å². The molecule has 0 radical (unpaired) electrons. The van der Waals surface area contributed by atoms with Gasteiger partial charge in [0.2, 0.25) is 11.8 Å².